The van der Waals surface area contributed by atoms with E-state index < -0.39 is 17.7 Å². The first-order valence-corrected chi connectivity index (χ1v) is 11.7. The Labute approximate surface area is 206 Å². The molecule has 5 rings (SSSR count). The predicted molar refractivity (Wildman–Crippen MR) is 129 cm³/mol. The van der Waals surface area contributed by atoms with Crippen LogP contribution in [0.1, 0.15) is 27.0 Å². The number of anilines is 1. The summed E-state index contributed by atoms with van der Waals surface area (Å²) in [7, 11) is 0. The summed E-state index contributed by atoms with van der Waals surface area (Å²) >= 11 is 0. The normalized spacial score (nSPS) is 14.9. The molecule has 4 aromatic rings. The average Bonchev–Trinajstić information content (AvgIpc) is 3.27. The zero-order valence-corrected chi connectivity index (χ0v) is 19.4. The first kappa shape index (κ1) is 23.9. The third-order valence-electron chi connectivity index (χ3n) is 6.58. The van der Waals surface area contributed by atoms with Gasteiger partial charge in [-0.25, -0.2) is 4.98 Å². The second kappa shape index (κ2) is 9.66. The quantitative estimate of drug-likeness (QED) is 0.409. The maximum Gasteiger partial charge on any atom is 0.416 e. The van der Waals surface area contributed by atoms with Crippen LogP contribution in [0.2, 0.25) is 0 Å². The van der Waals surface area contributed by atoms with E-state index in [9.17, 15) is 23.1 Å². The van der Waals surface area contributed by atoms with E-state index in [1.807, 2.05) is 22.9 Å². The molecule has 0 atom stereocenters. The Balaban J connectivity index is 1.24. The third kappa shape index (κ3) is 5.06. The summed E-state index contributed by atoms with van der Waals surface area (Å²) in [5.41, 5.74) is 3.30. The molecule has 9 heteroatoms. The molecule has 2 aromatic carbocycles. The summed E-state index contributed by atoms with van der Waals surface area (Å²) in [5.74, 6) is -1.20. The lowest BCUT2D eigenvalue weighted by molar-refractivity contribution is -0.255. The van der Waals surface area contributed by atoms with Crippen LogP contribution >= 0.6 is 0 Å². The van der Waals surface area contributed by atoms with Crippen LogP contribution in [0, 0.1) is 0 Å². The lowest BCUT2D eigenvalue weighted by Gasteiger charge is -2.36. The van der Waals surface area contributed by atoms with Crippen LogP contribution < -0.4 is 10.0 Å². The summed E-state index contributed by atoms with van der Waals surface area (Å²) in [6.45, 7) is 4.39. The number of carbonyl (C=O) groups excluding carboxylic acids is 1. The van der Waals surface area contributed by atoms with Gasteiger partial charge < -0.3 is 19.4 Å². The highest BCUT2D eigenvalue weighted by Gasteiger charge is 2.30. The highest BCUT2D eigenvalue weighted by molar-refractivity contribution is 5.90. The molecule has 6 nitrogen and oxygen atoms in total. The van der Waals surface area contributed by atoms with Gasteiger partial charge in [-0.05, 0) is 41.0 Å². The van der Waals surface area contributed by atoms with Crippen molar-refractivity contribution in [2.24, 2.45) is 0 Å². The number of rotatable bonds is 6. The van der Waals surface area contributed by atoms with E-state index in [2.05, 4.69) is 14.8 Å². The molecular weight excluding hydrogens is 469 g/mol. The van der Waals surface area contributed by atoms with Crippen molar-refractivity contribution in [3.8, 4) is 0 Å². The number of aromatic nitrogens is 2. The second-order valence-electron chi connectivity index (χ2n) is 8.95. The number of hydrogen-bond donors (Lipinski definition) is 0. The van der Waals surface area contributed by atoms with Gasteiger partial charge in [-0.15, -0.1) is 0 Å². The van der Waals surface area contributed by atoms with Gasteiger partial charge in [0.2, 0.25) is 0 Å². The van der Waals surface area contributed by atoms with Crippen LogP contribution in [0.5, 0.6) is 0 Å². The van der Waals surface area contributed by atoms with Crippen molar-refractivity contribution in [1.29, 1.82) is 0 Å². The second-order valence-corrected chi connectivity index (χ2v) is 8.95. The molecule has 0 saturated carbocycles. The van der Waals surface area contributed by atoms with Gasteiger partial charge in [0.25, 0.3) is 0 Å². The third-order valence-corrected chi connectivity index (χ3v) is 6.58. The van der Waals surface area contributed by atoms with Gasteiger partial charge in [0.1, 0.15) is 5.65 Å². The summed E-state index contributed by atoms with van der Waals surface area (Å²) < 4.78 is 40.4. The van der Waals surface area contributed by atoms with Crippen molar-refractivity contribution in [1.82, 2.24) is 14.5 Å². The van der Waals surface area contributed by atoms with Crippen molar-refractivity contribution >= 4 is 22.7 Å². The van der Waals surface area contributed by atoms with Gasteiger partial charge in [0, 0.05) is 62.7 Å². The van der Waals surface area contributed by atoms with E-state index in [0.717, 1.165) is 66.2 Å². The van der Waals surface area contributed by atoms with E-state index in [0.29, 0.717) is 13.1 Å². The standard InChI is InChI=1S/C27H25F3N4O2/c28-27(29,30)22-7-3-19(4-8-22)17-32-13-15-33(16-14-32)24-9-11-31-25-23(24)10-12-34(25)18-20-1-5-21(6-2-20)26(35)36/h1-12H,13-18H2,(H,35,36)/p-1. The summed E-state index contributed by atoms with van der Waals surface area (Å²) in [5, 5.41) is 12.0. The summed E-state index contributed by atoms with van der Waals surface area (Å²) in [6.07, 6.45) is -0.543. The van der Waals surface area contributed by atoms with Gasteiger partial charge in [0.05, 0.1) is 11.5 Å². The van der Waals surface area contributed by atoms with Crippen LogP contribution in [-0.2, 0) is 19.3 Å². The van der Waals surface area contributed by atoms with Crippen LogP contribution in [-0.4, -0.2) is 46.6 Å². The van der Waals surface area contributed by atoms with E-state index in [1.165, 1.54) is 0 Å². The number of carboxylic acids is 1. The Bertz CT molecular complexity index is 1360. The molecule has 0 spiro atoms. The molecule has 1 fully saturated rings. The molecule has 1 saturated heterocycles. The maximum atomic E-state index is 12.8. The zero-order valence-electron chi connectivity index (χ0n) is 19.4. The van der Waals surface area contributed by atoms with Gasteiger partial charge in [0.15, 0.2) is 0 Å². The minimum Gasteiger partial charge on any atom is -0.545 e. The first-order valence-electron chi connectivity index (χ1n) is 11.7. The Morgan fingerprint density at radius 1 is 0.861 bits per heavy atom. The molecule has 1 aliphatic heterocycles. The SMILES string of the molecule is O=C([O-])c1ccc(Cn2ccc3c(N4CCN(Cc5ccc(C(F)(F)F)cc5)CC4)ccnc32)cc1. The Morgan fingerprint density at radius 3 is 2.14 bits per heavy atom. The number of aromatic carboxylic acids is 1. The van der Waals surface area contributed by atoms with E-state index >= 15 is 0 Å². The van der Waals surface area contributed by atoms with Gasteiger partial charge in [-0.1, -0.05) is 36.4 Å². The molecule has 0 amide bonds. The van der Waals surface area contributed by atoms with Gasteiger partial charge in [-0.2, -0.15) is 13.2 Å². The minimum atomic E-state index is -4.32. The van der Waals surface area contributed by atoms with E-state index in [4.69, 9.17) is 0 Å². The monoisotopic (exact) mass is 493 g/mol. The van der Waals surface area contributed by atoms with Crippen LogP contribution in [0.3, 0.4) is 0 Å². The largest absolute Gasteiger partial charge is 0.545 e. The molecule has 1 aliphatic rings. The molecule has 0 aliphatic carbocycles. The zero-order chi connectivity index (χ0) is 25.3. The molecule has 0 unspecified atom stereocenters. The molecule has 186 valence electrons. The Morgan fingerprint density at radius 2 is 1.50 bits per heavy atom. The number of nitrogens with zero attached hydrogens (tertiary/aromatic N) is 4. The fraction of sp³-hybridized carbons (Fsp3) is 0.259. The molecule has 36 heavy (non-hydrogen) atoms. The lowest BCUT2D eigenvalue weighted by Crippen LogP contribution is -2.46. The fourth-order valence-corrected chi connectivity index (χ4v) is 4.63. The fourth-order valence-electron chi connectivity index (χ4n) is 4.63. The number of benzene rings is 2. The number of halogens is 3. The summed E-state index contributed by atoms with van der Waals surface area (Å²) in [4.78, 5) is 20.1. The van der Waals surface area contributed by atoms with Crippen molar-refractivity contribution in [3.63, 3.8) is 0 Å². The van der Waals surface area contributed by atoms with E-state index in [1.54, 1.807) is 42.6 Å². The number of hydrogen-bond acceptors (Lipinski definition) is 5. The number of fused-ring (bicyclic) bond motifs is 1. The van der Waals surface area contributed by atoms with Crippen molar-refractivity contribution < 1.29 is 23.1 Å². The topological polar surface area (TPSA) is 64.4 Å². The summed E-state index contributed by atoms with van der Waals surface area (Å²) in [6, 6.07) is 16.1. The van der Waals surface area contributed by atoms with E-state index in [-0.39, 0.29) is 5.56 Å². The van der Waals surface area contributed by atoms with Crippen LogP contribution in [0.4, 0.5) is 18.9 Å². The lowest BCUT2D eigenvalue weighted by atomic mass is 10.1. The van der Waals surface area contributed by atoms with Crippen LogP contribution in [0.25, 0.3) is 11.0 Å². The molecule has 0 bridgehead atoms. The average molecular weight is 494 g/mol. The van der Waals surface area contributed by atoms with Crippen molar-refractivity contribution in [2.75, 3.05) is 31.1 Å². The predicted octanol–water partition coefficient (Wildman–Crippen LogP) is 3.79. The number of carbonyl (C=O) groups is 1. The first-order chi connectivity index (χ1) is 17.3. The Hall–Kier alpha value is -3.85. The molecule has 0 N–H and O–H groups in total. The number of alkyl halides is 3. The number of piperazine rings is 1. The minimum absolute atomic E-state index is 0.147. The van der Waals surface area contributed by atoms with Crippen LogP contribution in [0.15, 0.2) is 73.1 Å². The highest BCUT2D eigenvalue weighted by atomic mass is 19.4. The maximum absolute atomic E-state index is 12.8. The molecule has 0 radical (unpaired) electrons. The Kier molecular flexibility index (Phi) is 6.40. The molecular formula is C27H24F3N4O2-. The smallest absolute Gasteiger partial charge is 0.416 e. The molecule has 2 aromatic heterocycles. The highest BCUT2D eigenvalue weighted by Crippen LogP contribution is 2.30. The number of carboxylic acid groups (broad SMARTS) is 1. The van der Waals surface area contributed by atoms with Crippen molar-refractivity contribution in [2.45, 2.75) is 19.3 Å². The van der Waals surface area contributed by atoms with Gasteiger partial charge >= 0.3 is 6.18 Å². The molecule has 3 heterocycles. The van der Waals surface area contributed by atoms with Crippen molar-refractivity contribution in [3.05, 3.63) is 95.3 Å². The number of pyridine rings is 1. The van der Waals surface area contributed by atoms with Gasteiger partial charge in [-0.3, -0.25) is 4.90 Å².